The van der Waals surface area contributed by atoms with Crippen LogP contribution in [0, 0.1) is 0 Å². The topological polar surface area (TPSA) is 80.8 Å². The number of hydrogen-bond acceptors (Lipinski definition) is 6. The number of aryl methyl sites for hydroxylation is 1. The van der Waals surface area contributed by atoms with E-state index in [0.29, 0.717) is 13.1 Å². The highest BCUT2D eigenvalue weighted by atomic mass is 16.6. The van der Waals surface area contributed by atoms with E-state index in [1.165, 1.54) is 0 Å². The van der Waals surface area contributed by atoms with E-state index in [4.69, 9.17) is 4.74 Å². The summed E-state index contributed by atoms with van der Waals surface area (Å²) in [4.78, 5) is 20.7. The lowest BCUT2D eigenvalue weighted by molar-refractivity contribution is 0.0679. The van der Waals surface area contributed by atoms with Crippen LogP contribution in [0.3, 0.4) is 0 Å². The molecule has 0 aromatic carbocycles. The number of anilines is 1. The first-order valence-corrected chi connectivity index (χ1v) is 10.7. The van der Waals surface area contributed by atoms with Gasteiger partial charge >= 0.3 is 6.09 Å². The molecule has 9 nitrogen and oxygen atoms in total. The number of pyridine rings is 2. The number of carbonyl (C=O) groups is 1. The average molecular weight is 432 g/mol. The molecule has 0 saturated carbocycles. The highest BCUT2D eigenvalue weighted by Crippen LogP contribution is 2.26. The second kappa shape index (κ2) is 8.33. The second-order valence-electron chi connectivity index (χ2n) is 7.97. The number of carbonyl (C=O) groups excluding carboxylic acids is 1. The van der Waals surface area contributed by atoms with Crippen molar-refractivity contribution in [3.05, 3.63) is 67.0 Å². The highest BCUT2D eigenvalue weighted by Gasteiger charge is 2.25. The van der Waals surface area contributed by atoms with E-state index in [-0.39, 0.29) is 12.2 Å². The van der Waals surface area contributed by atoms with Gasteiger partial charge in [-0.25, -0.2) is 9.31 Å². The molecule has 1 atom stereocenters. The zero-order valence-corrected chi connectivity index (χ0v) is 18.1. The Kier molecular flexibility index (Phi) is 5.22. The van der Waals surface area contributed by atoms with Crippen molar-refractivity contribution in [2.24, 2.45) is 7.05 Å². The quantitative estimate of drug-likeness (QED) is 0.494. The molecule has 4 aromatic heterocycles. The molecule has 164 valence electrons. The van der Waals surface area contributed by atoms with Gasteiger partial charge in [0.2, 0.25) is 0 Å². The molecule has 0 spiro atoms. The fourth-order valence-corrected chi connectivity index (χ4v) is 4.00. The standard InChI is InChI=1S/C23H25N7O2/c1-17(18-4-3-7-24-12-18)32-23(31)29-10-8-28(9-11-29)22-14-26-30-16-19(5-6-21(22)30)20-13-25-27(2)15-20/h3-7,12-17H,8-11H2,1-2H3/t17-/m1/s1. The van der Waals surface area contributed by atoms with E-state index in [1.807, 2.05) is 55.4 Å². The lowest BCUT2D eigenvalue weighted by Crippen LogP contribution is -2.49. The first kappa shape index (κ1) is 20.0. The smallest absolute Gasteiger partial charge is 0.410 e. The zero-order valence-electron chi connectivity index (χ0n) is 18.1. The largest absolute Gasteiger partial charge is 0.441 e. The van der Waals surface area contributed by atoms with E-state index in [9.17, 15) is 4.79 Å². The Labute approximate surface area is 185 Å². The summed E-state index contributed by atoms with van der Waals surface area (Å²) in [7, 11) is 1.91. The Bertz CT molecular complexity index is 1230. The molecule has 0 bridgehead atoms. The molecule has 1 saturated heterocycles. The van der Waals surface area contributed by atoms with Crippen LogP contribution < -0.4 is 4.90 Å². The predicted octanol–water partition coefficient (Wildman–Crippen LogP) is 3.15. The van der Waals surface area contributed by atoms with Gasteiger partial charge in [0.15, 0.2) is 0 Å². The molecule has 1 aliphatic rings. The zero-order chi connectivity index (χ0) is 22.1. The molecule has 5 heterocycles. The van der Waals surface area contributed by atoms with Crippen molar-refractivity contribution in [2.75, 3.05) is 31.1 Å². The minimum absolute atomic E-state index is 0.290. The normalized spacial score (nSPS) is 15.2. The van der Waals surface area contributed by atoms with Gasteiger partial charge in [0.25, 0.3) is 0 Å². The Hall–Kier alpha value is -3.88. The maximum atomic E-state index is 12.6. The Balaban J connectivity index is 1.23. The van der Waals surface area contributed by atoms with Gasteiger partial charge in [0.1, 0.15) is 6.10 Å². The van der Waals surface area contributed by atoms with Gasteiger partial charge < -0.3 is 14.5 Å². The van der Waals surface area contributed by atoms with Crippen LogP contribution in [0.15, 0.2) is 61.4 Å². The third kappa shape index (κ3) is 3.89. The summed E-state index contributed by atoms with van der Waals surface area (Å²) < 4.78 is 9.32. The van der Waals surface area contributed by atoms with Gasteiger partial charge in [-0.3, -0.25) is 9.67 Å². The van der Waals surface area contributed by atoms with Crippen LogP contribution in [-0.2, 0) is 11.8 Å². The maximum Gasteiger partial charge on any atom is 0.410 e. The van der Waals surface area contributed by atoms with Crippen LogP contribution >= 0.6 is 0 Å². The molecule has 0 unspecified atom stereocenters. The SMILES string of the molecule is C[C@@H](OC(=O)N1CCN(c2cnn3cc(-c4cnn(C)c4)ccc23)CC1)c1cccnc1. The van der Waals surface area contributed by atoms with Crippen molar-refractivity contribution in [3.63, 3.8) is 0 Å². The Morgan fingerprint density at radius 3 is 2.56 bits per heavy atom. The van der Waals surface area contributed by atoms with Crippen molar-refractivity contribution >= 4 is 17.3 Å². The van der Waals surface area contributed by atoms with E-state index >= 15 is 0 Å². The number of fused-ring (bicyclic) bond motifs is 1. The van der Waals surface area contributed by atoms with Crippen LogP contribution in [0.25, 0.3) is 16.6 Å². The van der Waals surface area contributed by atoms with Gasteiger partial charge in [0, 0.05) is 74.7 Å². The summed E-state index contributed by atoms with van der Waals surface area (Å²) in [6, 6.07) is 7.92. The summed E-state index contributed by atoms with van der Waals surface area (Å²) in [5.74, 6) is 0. The summed E-state index contributed by atoms with van der Waals surface area (Å²) in [6.07, 6.45) is 10.5. The molecule has 32 heavy (non-hydrogen) atoms. The van der Waals surface area contributed by atoms with E-state index < -0.39 is 0 Å². The number of amides is 1. The Morgan fingerprint density at radius 2 is 1.84 bits per heavy atom. The van der Waals surface area contributed by atoms with Crippen molar-refractivity contribution in [1.82, 2.24) is 29.3 Å². The van der Waals surface area contributed by atoms with Gasteiger partial charge in [0.05, 0.1) is 23.6 Å². The number of hydrogen-bond donors (Lipinski definition) is 0. The van der Waals surface area contributed by atoms with Crippen LogP contribution in [0.1, 0.15) is 18.6 Å². The third-order valence-corrected chi connectivity index (χ3v) is 5.84. The molecule has 0 radical (unpaired) electrons. The van der Waals surface area contributed by atoms with Crippen LogP contribution in [0.2, 0.25) is 0 Å². The van der Waals surface area contributed by atoms with Gasteiger partial charge in [-0.15, -0.1) is 0 Å². The Morgan fingerprint density at radius 1 is 1.00 bits per heavy atom. The van der Waals surface area contributed by atoms with E-state index in [1.54, 1.807) is 22.0 Å². The third-order valence-electron chi connectivity index (χ3n) is 5.84. The molecule has 0 aliphatic carbocycles. The van der Waals surface area contributed by atoms with Gasteiger partial charge in [-0.1, -0.05) is 12.1 Å². The molecule has 1 fully saturated rings. The second-order valence-corrected chi connectivity index (χ2v) is 7.97. The lowest BCUT2D eigenvalue weighted by Gasteiger charge is -2.35. The van der Waals surface area contributed by atoms with Crippen LogP contribution in [0.5, 0.6) is 0 Å². The summed E-state index contributed by atoms with van der Waals surface area (Å²) in [5, 5.41) is 8.79. The molecule has 5 rings (SSSR count). The molecule has 9 heteroatoms. The number of ether oxygens (including phenoxy) is 1. The summed E-state index contributed by atoms with van der Waals surface area (Å²) in [6.45, 7) is 4.52. The fourth-order valence-electron chi connectivity index (χ4n) is 4.00. The fraction of sp³-hybridized carbons (Fsp3) is 0.304. The van der Waals surface area contributed by atoms with Crippen LogP contribution in [0.4, 0.5) is 10.5 Å². The minimum Gasteiger partial charge on any atom is -0.441 e. The van der Waals surface area contributed by atoms with E-state index in [2.05, 4.69) is 32.2 Å². The van der Waals surface area contributed by atoms with Crippen molar-refractivity contribution in [2.45, 2.75) is 13.0 Å². The first-order chi connectivity index (χ1) is 15.6. The lowest BCUT2D eigenvalue weighted by atomic mass is 10.1. The maximum absolute atomic E-state index is 12.6. The first-order valence-electron chi connectivity index (χ1n) is 10.7. The highest BCUT2D eigenvalue weighted by molar-refractivity contribution is 5.76. The van der Waals surface area contributed by atoms with Crippen LogP contribution in [-0.4, -0.2) is 61.6 Å². The molecular weight excluding hydrogens is 406 g/mol. The predicted molar refractivity (Wildman–Crippen MR) is 120 cm³/mol. The number of aromatic nitrogens is 5. The molecular formula is C23H25N7O2. The number of rotatable bonds is 4. The monoisotopic (exact) mass is 431 g/mol. The number of nitrogens with zero attached hydrogens (tertiary/aromatic N) is 7. The van der Waals surface area contributed by atoms with Gasteiger partial charge in [-0.2, -0.15) is 10.2 Å². The van der Waals surface area contributed by atoms with Gasteiger partial charge in [-0.05, 0) is 19.1 Å². The average Bonchev–Trinajstić information content (AvgIpc) is 3.45. The summed E-state index contributed by atoms with van der Waals surface area (Å²) >= 11 is 0. The molecule has 0 N–H and O–H groups in total. The number of piperazine rings is 1. The van der Waals surface area contributed by atoms with E-state index in [0.717, 1.165) is 41.0 Å². The van der Waals surface area contributed by atoms with Crippen molar-refractivity contribution in [1.29, 1.82) is 0 Å². The minimum atomic E-state index is -0.331. The molecule has 4 aromatic rings. The van der Waals surface area contributed by atoms with Crippen molar-refractivity contribution < 1.29 is 9.53 Å². The molecule has 1 aliphatic heterocycles. The van der Waals surface area contributed by atoms with Crippen molar-refractivity contribution in [3.8, 4) is 11.1 Å². The summed E-state index contributed by atoms with van der Waals surface area (Å²) in [5.41, 5.74) is 5.12. The molecule has 1 amide bonds.